The Kier molecular flexibility index (Phi) is 5.43. The number of benzene rings is 1. The zero-order valence-corrected chi connectivity index (χ0v) is 13.7. The van der Waals surface area contributed by atoms with E-state index in [2.05, 4.69) is 64.3 Å². The predicted molar refractivity (Wildman–Crippen MR) is 85.4 cm³/mol. The lowest BCUT2D eigenvalue weighted by molar-refractivity contribution is 0.191. The minimum atomic E-state index is 0.308. The summed E-state index contributed by atoms with van der Waals surface area (Å²) in [6.45, 7) is 9.17. The molecule has 0 amide bonds. The van der Waals surface area contributed by atoms with Crippen LogP contribution in [0.25, 0.3) is 0 Å². The van der Waals surface area contributed by atoms with Crippen molar-refractivity contribution in [1.29, 1.82) is 0 Å². The molecule has 2 nitrogen and oxygen atoms in total. The highest BCUT2D eigenvalue weighted by molar-refractivity contribution is 9.10. The topological polar surface area (TPSA) is 15.3 Å². The van der Waals surface area contributed by atoms with Crippen LogP contribution < -0.4 is 5.32 Å². The average molecular weight is 325 g/mol. The third-order valence-corrected chi connectivity index (χ3v) is 4.82. The Morgan fingerprint density at radius 2 is 2.11 bits per heavy atom. The number of hydrogen-bond acceptors (Lipinski definition) is 2. The summed E-state index contributed by atoms with van der Waals surface area (Å²) >= 11 is 3.56. The molecule has 1 aliphatic heterocycles. The van der Waals surface area contributed by atoms with E-state index in [4.69, 9.17) is 0 Å². The fraction of sp³-hybridized carbons (Fsp3) is 0.625. The Labute approximate surface area is 125 Å². The summed E-state index contributed by atoms with van der Waals surface area (Å²) in [5.74, 6) is 0. The number of hydrogen-bond donors (Lipinski definition) is 1. The maximum Gasteiger partial charge on any atom is 0.0303 e. The van der Waals surface area contributed by atoms with Crippen LogP contribution in [0.5, 0.6) is 0 Å². The molecule has 2 rings (SSSR count). The molecule has 1 aromatic carbocycles. The van der Waals surface area contributed by atoms with Crippen LogP contribution in [0.4, 0.5) is 0 Å². The van der Waals surface area contributed by atoms with Gasteiger partial charge in [0.2, 0.25) is 0 Å². The van der Waals surface area contributed by atoms with Gasteiger partial charge >= 0.3 is 0 Å². The highest BCUT2D eigenvalue weighted by Crippen LogP contribution is 2.22. The molecule has 0 aliphatic carbocycles. The number of nitrogens with one attached hydrogen (secondary N) is 1. The van der Waals surface area contributed by atoms with Gasteiger partial charge in [0, 0.05) is 23.1 Å². The Morgan fingerprint density at radius 1 is 1.32 bits per heavy atom. The molecule has 0 aromatic heterocycles. The molecule has 1 N–H and O–H groups in total. The van der Waals surface area contributed by atoms with Crippen LogP contribution in [-0.2, 0) is 6.54 Å². The summed E-state index contributed by atoms with van der Waals surface area (Å²) in [6, 6.07) is 8.68. The molecule has 106 valence electrons. The van der Waals surface area contributed by atoms with Gasteiger partial charge < -0.3 is 5.32 Å². The highest BCUT2D eigenvalue weighted by atomic mass is 79.9. The zero-order chi connectivity index (χ0) is 13.7. The van der Waals surface area contributed by atoms with Crippen LogP contribution >= 0.6 is 15.9 Å². The van der Waals surface area contributed by atoms with E-state index in [0.717, 1.165) is 19.6 Å². The Bertz CT molecular complexity index is 401. The fourth-order valence-corrected chi connectivity index (χ4v) is 3.42. The van der Waals surface area contributed by atoms with Crippen LogP contribution in [-0.4, -0.2) is 30.1 Å². The second kappa shape index (κ2) is 6.87. The summed E-state index contributed by atoms with van der Waals surface area (Å²) in [6.07, 6.45) is 3.66. The first-order chi connectivity index (χ1) is 9.17. The average Bonchev–Trinajstić information content (AvgIpc) is 2.62. The van der Waals surface area contributed by atoms with Crippen molar-refractivity contribution < 1.29 is 0 Å². The molecule has 1 aliphatic rings. The van der Waals surface area contributed by atoms with Gasteiger partial charge in [-0.25, -0.2) is 0 Å². The summed E-state index contributed by atoms with van der Waals surface area (Å²) in [4.78, 5) is 2.61. The smallest absolute Gasteiger partial charge is 0.0303 e. The molecule has 0 radical (unpaired) electrons. The summed E-state index contributed by atoms with van der Waals surface area (Å²) in [5, 5.41) is 3.77. The van der Waals surface area contributed by atoms with Crippen molar-refractivity contribution >= 4 is 15.9 Å². The highest BCUT2D eigenvalue weighted by Gasteiger charge is 2.29. The number of rotatable bonds is 4. The van der Waals surface area contributed by atoms with E-state index in [0.29, 0.717) is 5.54 Å². The van der Waals surface area contributed by atoms with E-state index < -0.39 is 0 Å². The van der Waals surface area contributed by atoms with Gasteiger partial charge in [-0.1, -0.05) is 41.9 Å². The van der Waals surface area contributed by atoms with Gasteiger partial charge in [0.25, 0.3) is 0 Å². The summed E-state index contributed by atoms with van der Waals surface area (Å²) < 4.78 is 1.18. The van der Waals surface area contributed by atoms with Crippen LogP contribution in [0.15, 0.2) is 28.7 Å². The first kappa shape index (κ1) is 15.0. The van der Waals surface area contributed by atoms with Gasteiger partial charge in [-0.2, -0.15) is 0 Å². The van der Waals surface area contributed by atoms with E-state index in [9.17, 15) is 0 Å². The van der Waals surface area contributed by atoms with Crippen molar-refractivity contribution in [3.05, 3.63) is 34.3 Å². The molecule has 3 heteroatoms. The minimum absolute atomic E-state index is 0.308. The normalized spacial score (nSPS) is 20.2. The van der Waals surface area contributed by atoms with E-state index in [1.165, 1.54) is 35.8 Å². The molecular weight excluding hydrogens is 300 g/mol. The SMILES string of the molecule is CCC1(CC)CN(Cc2cccc(Br)c2)CCCN1. The lowest BCUT2D eigenvalue weighted by atomic mass is 9.92. The molecule has 0 unspecified atom stereocenters. The number of nitrogens with zero attached hydrogens (tertiary/aromatic N) is 1. The molecule has 19 heavy (non-hydrogen) atoms. The molecule has 1 saturated heterocycles. The van der Waals surface area contributed by atoms with E-state index in [1.807, 2.05) is 0 Å². The van der Waals surface area contributed by atoms with Gasteiger partial charge in [-0.3, -0.25) is 4.90 Å². The van der Waals surface area contributed by atoms with Gasteiger partial charge in [0.05, 0.1) is 0 Å². The molecule has 0 bridgehead atoms. The Hall–Kier alpha value is -0.380. The van der Waals surface area contributed by atoms with Gasteiger partial charge in [-0.15, -0.1) is 0 Å². The van der Waals surface area contributed by atoms with Crippen molar-refractivity contribution in [2.45, 2.75) is 45.2 Å². The zero-order valence-electron chi connectivity index (χ0n) is 12.1. The van der Waals surface area contributed by atoms with Crippen LogP contribution in [0.3, 0.4) is 0 Å². The van der Waals surface area contributed by atoms with Crippen molar-refractivity contribution in [2.75, 3.05) is 19.6 Å². The first-order valence-corrected chi connectivity index (χ1v) is 8.18. The molecule has 0 atom stereocenters. The third kappa shape index (κ3) is 4.04. The Morgan fingerprint density at radius 3 is 2.79 bits per heavy atom. The van der Waals surface area contributed by atoms with Gasteiger partial charge in [-0.05, 0) is 50.0 Å². The van der Waals surface area contributed by atoms with Gasteiger partial charge in [0.1, 0.15) is 0 Å². The molecular formula is C16H25BrN2. The largest absolute Gasteiger partial charge is 0.310 e. The summed E-state index contributed by atoms with van der Waals surface area (Å²) in [7, 11) is 0. The fourth-order valence-electron chi connectivity index (χ4n) is 2.97. The monoisotopic (exact) mass is 324 g/mol. The maximum absolute atomic E-state index is 3.77. The van der Waals surface area contributed by atoms with E-state index in [-0.39, 0.29) is 0 Å². The van der Waals surface area contributed by atoms with E-state index in [1.54, 1.807) is 0 Å². The maximum atomic E-state index is 3.77. The van der Waals surface area contributed by atoms with Crippen LogP contribution in [0, 0.1) is 0 Å². The second-order valence-electron chi connectivity index (χ2n) is 5.61. The van der Waals surface area contributed by atoms with Crippen molar-refractivity contribution in [3.63, 3.8) is 0 Å². The summed E-state index contributed by atoms with van der Waals surface area (Å²) in [5.41, 5.74) is 1.71. The first-order valence-electron chi connectivity index (χ1n) is 7.39. The second-order valence-corrected chi connectivity index (χ2v) is 6.52. The van der Waals surface area contributed by atoms with Crippen LogP contribution in [0.1, 0.15) is 38.7 Å². The predicted octanol–water partition coefficient (Wildman–Crippen LogP) is 3.80. The van der Waals surface area contributed by atoms with Crippen molar-refractivity contribution in [3.8, 4) is 0 Å². The van der Waals surface area contributed by atoms with Gasteiger partial charge in [0.15, 0.2) is 0 Å². The minimum Gasteiger partial charge on any atom is -0.310 e. The van der Waals surface area contributed by atoms with Crippen molar-refractivity contribution in [1.82, 2.24) is 10.2 Å². The van der Waals surface area contributed by atoms with Crippen molar-refractivity contribution in [2.24, 2.45) is 0 Å². The lowest BCUT2D eigenvalue weighted by Crippen LogP contribution is -2.50. The standard InChI is InChI=1S/C16H25BrN2/c1-3-16(4-2)13-19(10-6-9-18-16)12-14-7-5-8-15(17)11-14/h5,7-8,11,18H,3-4,6,9-10,12-13H2,1-2H3. The molecule has 1 fully saturated rings. The molecule has 0 spiro atoms. The van der Waals surface area contributed by atoms with E-state index >= 15 is 0 Å². The molecule has 1 heterocycles. The lowest BCUT2D eigenvalue weighted by Gasteiger charge is -2.35. The van der Waals surface area contributed by atoms with Crippen LogP contribution in [0.2, 0.25) is 0 Å². The number of halogens is 1. The Balaban J connectivity index is 2.06. The quantitative estimate of drug-likeness (QED) is 0.906. The third-order valence-electron chi connectivity index (χ3n) is 4.33. The molecule has 1 aromatic rings. The molecule has 0 saturated carbocycles.